The number of hydrogen-bond donors (Lipinski definition) is 3. The Hall–Kier alpha value is -3.11. The Balaban J connectivity index is 2.12. The molecule has 1 aliphatic heterocycles. The molecule has 160 valence electrons. The predicted molar refractivity (Wildman–Crippen MR) is 118 cm³/mol. The molecule has 31 heavy (non-hydrogen) atoms. The quantitative estimate of drug-likeness (QED) is 0.577. The highest BCUT2D eigenvalue weighted by atomic mass is 32.2. The van der Waals surface area contributed by atoms with Crippen molar-refractivity contribution < 1.29 is 9.90 Å². The molecule has 9 heteroatoms. The fourth-order valence-corrected chi connectivity index (χ4v) is 4.73. The Morgan fingerprint density at radius 3 is 2.55 bits per heavy atom. The molecule has 1 fully saturated rings. The summed E-state index contributed by atoms with van der Waals surface area (Å²) < 4.78 is 0. The zero-order chi connectivity index (χ0) is 22.5. The van der Waals surface area contributed by atoms with Crippen LogP contribution in [-0.2, 0) is 11.2 Å². The molecule has 0 saturated carbocycles. The highest BCUT2D eigenvalue weighted by Gasteiger charge is 2.31. The first-order valence-corrected chi connectivity index (χ1v) is 10.9. The maximum absolute atomic E-state index is 12.2. The van der Waals surface area contributed by atoms with Gasteiger partial charge in [0.05, 0.1) is 17.2 Å². The van der Waals surface area contributed by atoms with Crippen molar-refractivity contribution in [1.82, 2.24) is 4.98 Å². The number of nitriles is 2. The average Bonchev–Trinajstić information content (AvgIpc) is 2.78. The Labute approximate surface area is 185 Å². The van der Waals surface area contributed by atoms with Crippen LogP contribution in [-0.4, -0.2) is 41.2 Å². The number of amides is 1. The van der Waals surface area contributed by atoms with E-state index in [1.807, 2.05) is 30.0 Å². The minimum absolute atomic E-state index is 0.236. The van der Waals surface area contributed by atoms with Gasteiger partial charge < -0.3 is 21.5 Å². The van der Waals surface area contributed by atoms with Crippen LogP contribution in [0.25, 0.3) is 0 Å². The molecule has 1 unspecified atom stereocenters. The maximum Gasteiger partial charge on any atom is 0.235 e. The number of aliphatic hydroxyl groups excluding tert-OH is 1. The predicted octanol–water partition coefficient (Wildman–Crippen LogP) is 1.60. The highest BCUT2D eigenvalue weighted by Crippen LogP contribution is 2.39. The number of anilines is 1. The van der Waals surface area contributed by atoms with Gasteiger partial charge in [0.2, 0.25) is 5.91 Å². The molecule has 0 radical (unpaired) electrons. The van der Waals surface area contributed by atoms with Crippen molar-refractivity contribution in [3.05, 3.63) is 52.6 Å². The zero-order valence-electron chi connectivity index (χ0n) is 17.2. The fourth-order valence-electron chi connectivity index (χ4n) is 3.67. The third-order valence-electron chi connectivity index (χ3n) is 5.35. The Kier molecular flexibility index (Phi) is 7.13. The molecule has 2 heterocycles. The van der Waals surface area contributed by atoms with Crippen molar-refractivity contribution >= 4 is 23.5 Å². The Morgan fingerprint density at radius 1 is 1.32 bits per heavy atom. The normalized spacial score (nSPS) is 19.3. The summed E-state index contributed by atoms with van der Waals surface area (Å²) in [6.45, 7) is 2.62. The number of rotatable bonds is 6. The van der Waals surface area contributed by atoms with Gasteiger partial charge in [0.15, 0.2) is 0 Å². The topological polar surface area (TPSA) is 153 Å². The molecule has 3 rings (SSSR count). The minimum Gasteiger partial charge on any atom is -0.390 e. The van der Waals surface area contributed by atoms with Crippen LogP contribution >= 0.6 is 11.8 Å². The van der Waals surface area contributed by atoms with Crippen molar-refractivity contribution in [3.63, 3.8) is 0 Å². The van der Waals surface area contributed by atoms with Crippen LogP contribution in [0, 0.1) is 22.7 Å². The Morgan fingerprint density at radius 2 is 2.00 bits per heavy atom. The third-order valence-corrected chi connectivity index (χ3v) is 6.61. The summed E-state index contributed by atoms with van der Waals surface area (Å²) in [6.07, 6.45) is 0.240. The molecule has 2 aromatic rings. The van der Waals surface area contributed by atoms with Crippen LogP contribution in [0.2, 0.25) is 0 Å². The van der Waals surface area contributed by atoms with Gasteiger partial charge in [-0.1, -0.05) is 49.0 Å². The number of hydrogen-bond acceptors (Lipinski definition) is 8. The molecule has 0 bridgehead atoms. The molecule has 8 nitrogen and oxygen atoms in total. The van der Waals surface area contributed by atoms with E-state index in [2.05, 4.69) is 17.1 Å². The summed E-state index contributed by atoms with van der Waals surface area (Å²) in [4.78, 5) is 18.7. The van der Waals surface area contributed by atoms with E-state index in [9.17, 15) is 20.4 Å². The zero-order valence-corrected chi connectivity index (χ0v) is 18.0. The molecular weight excluding hydrogens is 412 g/mol. The van der Waals surface area contributed by atoms with E-state index in [1.54, 1.807) is 12.1 Å². The number of aromatic nitrogens is 1. The second-order valence-corrected chi connectivity index (χ2v) is 8.42. The minimum atomic E-state index is -0.749. The number of primary amides is 1. The number of aliphatic hydroxyl groups is 1. The number of pyridine rings is 1. The van der Waals surface area contributed by atoms with Gasteiger partial charge in [-0.15, -0.1) is 0 Å². The van der Waals surface area contributed by atoms with Gasteiger partial charge in [-0.2, -0.15) is 10.5 Å². The lowest BCUT2D eigenvalue weighted by molar-refractivity contribution is -0.117. The van der Waals surface area contributed by atoms with Crippen molar-refractivity contribution in [3.8, 4) is 12.1 Å². The van der Waals surface area contributed by atoms with Crippen molar-refractivity contribution in [1.29, 1.82) is 10.5 Å². The lowest BCUT2D eigenvalue weighted by Gasteiger charge is -2.35. The van der Waals surface area contributed by atoms with Crippen molar-refractivity contribution in [2.45, 2.75) is 42.2 Å². The summed E-state index contributed by atoms with van der Waals surface area (Å²) in [7, 11) is 0. The molecule has 0 spiro atoms. The van der Waals surface area contributed by atoms with Crippen LogP contribution in [0.15, 0.2) is 35.4 Å². The van der Waals surface area contributed by atoms with Gasteiger partial charge in [0, 0.05) is 19.1 Å². The monoisotopic (exact) mass is 436 g/mol. The lowest BCUT2D eigenvalue weighted by Crippen LogP contribution is -2.51. The van der Waals surface area contributed by atoms with E-state index in [0.29, 0.717) is 46.9 Å². The van der Waals surface area contributed by atoms with E-state index in [-0.39, 0.29) is 18.2 Å². The number of β-amino-alcohol motifs (C(OH)–C–C–N with tert-alkyl or cyclic N) is 1. The van der Waals surface area contributed by atoms with Gasteiger partial charge in [-0.05, 0) is 24.0 Å². The van der Waals surface area contributed by atoms with Crippen LogP contribution < -0.4 is 16.4 Å². The first-order chi connectivity index (χ1) is 14.9. The average molecular weight is 437 g/mol. The molecule has 1 aliphatic rings. The van der Waals surface area contributed by atoms with E-state index >= 15 is 0 Å². The van der Waals surface area contributed by atoms with Gasteiger partial charge in [-0.25, -0.2) is 4.98 Å². The van der Waals surface area contributed by atoms with Gasteiger partial charge in [0.25, 0.3) is 0 Å². The number of nitrogens with zero attached hydrogens (tertiary/aromatic N) is 4. The number of piperidine rings is 1. The number of thioether (sulfide) groups is 1. The van der Waals surface area contributed by atoms with E-state index in [1.165, 1.54) is 0 Å². The number of benzene rings is 1. The smallest absolute Gasteiger partial charge is 0.235 e. The van der Waals surface area contributed by atoms with Crippen LogP contribution in [0.4, 0.5) is 5.82 Å². The number of nitrogens with two attached hydrogens (primary N) is 2. The second-order valence-electron chi connectivity index (χ2n) is 7.32. The van der Waals surface area contributed by atoms with E-state index in [4.69, 9.17) is 11.5 Å². The second kappa shape index (κ2) is 9.80. The molecule has 1 saturated heterocycles. The third kappa shape index (κ3) is 4.64. The standard InChI is InChI=1S/C22H24N6O2S/c1-2-14-15(10-23)21(28-9-8-17(25)18(29)12-28)27-22(16(14)11-24)31-19(20(26)30)13-6-4-3-5-7-13/h3-7,17-19,29H,2,8-9,12,25H2,1H3,(H2,26,30)/t17-,18+,19?/m1/s1. The molecular formula is C22H24N6O2S. The van der Waals surface area contributed by atoms with Crippen LogP contribution in [0.5, 0.6) is 0 Å². The lowest BCUT2D eigenvalue weighted by atomic mass is 9.99. The highest BCUT2D eigenvalue weighted by molar-refractivity contribution is 8.00. The van der Waals surface area contributed by atoms with E-state index < -0.39 is 17.3 Å². The summed E-state index contributed by atoms with van der Waals surface area (Å²) in [5.74, 6) is -0.159. The summed E-state index contributed by atoms with van der Waals surface area (Å²) in [5.41, 5.74) is 13.4. The number of carbonyl (C=O) groups excluding carboxylic acids is 1. The first kappa shape index (κ1) is 22.6. The number of carbonyl (C=O) groups is 1. The maximum atomic E-state index is 12.2. The first-order valence-electron chi connectivity index (χ1n) is 9.97. The Bertz CT molecular complexity index is 1050. The van der Waals surface area contributed by atoms with Crippen molar-refractivity contribution in [2.24, 2.45) is 11.5 Å². The summed E-state index contributed by atoms with van der Waals surface area (Å²) >= 11 is 1.10. The van der Waals surface area contributed by atoms with Gasteiger partial charge in [0.1, 0.15) is 28.2 Å². The summed E-state index contributed by atoms with van der Waals surface area (Å²) in [5, 5.41) is 29.5. The molecule has 5 N–H and O–H groups in total. The fraction of sp³-hybridized carbons (Fsp3) is 0.364. The molecule has 3 atom stereocenters. The molecule has 1 amide bonds. The molecule has 1 aromatic carbocycles. The van der Waals surface area contributed by atoms with Gasteiger partial charge >= 0.3 is 0 Å². The van der Waals surface area contributed by atoms with Crippen LogP contribution in [0.1, 0.15) is 40.8 Å². The SMILES string of the molecule is CCc1c(C#N)c(SC(C(N)=O)c2ccccc2)nc(N2CC[C@@H](N)[C@@H](O)C2)c1C#N. The summed E-state index contributed by atoms with van der Waals surface area (Å²) in [6, 6.07) is 13.0. The van der Waals surface area contributed by atoms with Crippen molar-refractivity contribution in [2.75, 3.05) is 18.0 Å². The van der Waals surface area contributed by atoms with Gasteiger partial charge in [-0.3, -0.25) is 4.79 Å². The molecule has 0 aliphatic carbocycles. The molecule has 1 aromatic heterocycles. The van der Waals surface area contributed by atoms with Crippen LogP contribution in [0.3, 0.4) is 0 Å². The van der Waals surface area contributed by atoms with E-state index in [0.717, 1.165) is 11.8 Å². The largest absolute Gasteiger partial charge is 0.390 e.